The minimum absolute atomic E-state index is 0.416. The normalized spacial score (nSPS) is 17.9. The molecule has 0 amide bonds. The van der Waals surface area contributed by atoms with Crippen LogP contribution in [-0.2, 0) is 0 Å². The third kappa shape index (κ3) is 3.27. The van der Waals surface area contributed by atoms with E-state index in [1.165, 1.54) is 0 Å². The van der Waals surface area contributed by atoms with Crippen molar-refractivity contribution in [3.63, 3.8) is 0 Å². The average molecular weight is 252 g/mol. The van der Waals surface area contributed by atoms with Crippen molar-refractivity contribution < 1.29 is 0 Å². The van der Waals surface area contributed by atoms with E-state index in [2.05, 4.69) is 30.8 Å². The molecule has 2 N–H and O–H groups in total. The lowest BCUT2D eigenvalue weighted by molar-refractivity contribution is 0.551. The average Bonchev–Trinajstić information content (AvgIpc) is 2.82. The van der Waals surface area contributed by atoms with Gasteiger partial charge >= 0.3 is 0 Å². The predicted octanol–water partition coefficient (Wildman–Crippen LogP) is 1.25. The van der Waals surface area contributed by atoms with E-state index in [-0.39, 0.29) is 0 Å². The van der Waals surface area contributed by atoms with Crippen LogP contribution in [0.1, 0.15) is 27.7 Å². The molecule has 6 heteroatoms. The summed E-state index contributed by atoms with van der Waals surface area (Å²) in [6, 6.07) is 0. The van der Waals surface area contributed by atoms with Crippen LogP contribution in [-0.4, -0.2) is 49.9 Å². The second-order valence-electron chi connectivity index (χ2n) is 5.30. The van der Waals surface area contributed by atoms with Gasteiger partial charge in [-0.3, -0.25) is 9.98 Å². The second-order valence-corrected chi connectivity index (χ2v) is 5.30. The van der Waals surface area contributed by atoms with E-state index in [4.69, 9.17) is 0 Å². The van der Waals surface area contributed by atoms with Crippen molar-refractivity contribution >= 4 is 11.7 Å². The van der Waals surface area contributed by atoms with Crippen molar-refractivity contribution in [2.24, 2.45) is 20.2 Å². The van der Waals surface area contributed by atoms with Gasteiger partial charge < -0.3 is 10.6 Å². The van der Waals surface area contributed by atoms with E-state index in [0.717, 1.165) is 24.8 Å². The molecule has 1 aliphatic heterocycles. The molecule has 0 unspecified atom stereocenters. The number of hydrogen-bond acceptors (Lipinski definition) is 5. The maximum absolute atomic E-state index is 4.44. The zero-order valence-corrected chi connectivity index (χ0v) is 12.2. The van der Waals surface area contributed by atoms with Crippen molar-refractivity contribution in [3.8, 4) is 0 Å². The van der Waals surface area contributed by atoms with Crippen LogP contribution in [0.2, 0.25) is 0 Å². The van der Waals surface area contributed by atoms with Crippen LogP contribution < -0.4 is 10.6 Å². The molecule has 0 saturated heterocycles. The zero-order chi connectivity index (χ0) is 13.8. The first kappa shape index (κ1) is 14.6. The van der Waals surface area contributed by atoms with E-state index in [9.17, 15) is 0 Å². The fraction of sp³-hybridized carbons (Fsp3) is 0.833. The summed E-state index contributed by atoms with van der Waals surface area (Å²) >= 11 is 0. The Balaban J connectivity index is 2.85. The third-order valence-corrected chi connectivity index (χ3v) is 2.84. The Labute approximate surface area is 109 Å². The van der Waals surface area contributed by atoms with Crippen LogP contribution in [0, 0.1) is 0 Å². The fourth-order valence-corrected chi connectivity index (χ4v) is 1.84. The minimum Gasteiger partial charge on any atom is -0.375 e. The summed E-state index contributed by atoms with van der Waals surface area (Å²) in [7, 11) is 3.59. The molecule has 6 nitrogen and oxygen atoms in total. The van der Waals surface area contributed by atoms with E-state index >= 15 is 0 Å². The first-order valence-corrected chi connectivity index (χ1v) is 6.21. The highest BCUT2D eigenvalue weighted by atomic mass is 15.2. The standard InChI is InChI=1S/C12H24N6/c1-11(2,9(13-5)14-6)17-18-12(3,4)10-15-7-8-16-10/h7-8H2,1-6H3,(H,13,14)(H,15,16). The molecule has 0 saturated carbocycles. The summed E-state index contributed by atoms with van der Waals surface area (Å²) < 4.78 is 0. The molecule has 0 bridgehead atoms. The Morgan fingerprint density at radius 1 is 1.28 bits per heavy atom. The molecular weight excluding hydrogens is 228 g/mol. The van der Waals surface area contributed by atoms with Gasteiger partial charge in [-0.2, -0.15) is 10.2 Å². The molecule has 0 aromatic carbocycles. The number of nitrogens with one attached hydrogen (secondary N) is 2. The van der Waals surface area contributed by atoms with Gasteiger partial charge in [0.15, 0.2) is 0 Å². The molecule has 18 heavy (non-hydrogen) atoms. The van der Waals surface area contributed by atoms with E-state index in [0.29, 0.717) is 0 Å². The van der Waals surface area contributed by atoms with Gasteiger partial charge in [-0.1, -0.05) is 0 Å². The highest BCUT2D eigenvalue weighted by molar-refractivity contribution is 5.92. The Kier molecular flexibility index (Phi) is 4.43. The fourth-order valence-electron chi connectivity index (χ4n) is 1.84. The Bertz CT molecular complexity index is 362. The van der Waals surface area contributed by atoms with Gasteiger partial charge in [0.1, 0.15) is 22.7 Å². The van der Waals surface area contributed by atoms with E-state index in [1.807, 2.05) is 34.7 Å². The van der Waals surface area contributed by atoms with Crippen LogP contribution in [0.5, 0.6) is 0 Å². The van der Waals surface area contributed by atoms with Crippen molar-refractivity contribution in [1.29, 1.82) is 0 Å². The van der Waals surface area contributed by atoms with Gasteiger partial charge in [0, 0.05) is 20.6 Å². The van der Waals surface area contributed by atoms with Crippen LogP contribution in [0.3, 0.4) is 0 Å². The Morgan fingerprint density at radius 3 is 2.39 bits per heavy atom. The molecule has 0 aromatic heterocycles. The van der Waals surface area contributed by atoms with Gasteiger partial charge in [-0.15, -0.1) is 0 Å². The number of rotatable bonds is 4. The Morgan fingerprint density at radius 2 is 1.94 bits per heavy atom. The molecule has 0 aromatic rings. The van der Waals surface area contributed by atoms with Gasteiger partial charge in [0.05, 0.1) is 6.54 Å². The SMILES string of the molecule is CN=C(NC)C(C)(C)N=NC(C)(C)C1=NCCN1. The topological polar surface area (TPSA) is 73.5 Å². The van der Waals surface area contributed by atoms with Crippen molar-refractivity contribution in [3.05, 3.63) is 0 Å². The summed E-state index contributed by atoms with van der Waals surface area (Å²) in [4.78, 5) is 8.58. The van der Waals surface area contributed by atoms with Crippen molar-refractivity contribution in [1.82, 2.24) is 10.6 Å². The highest BCUT2D eigenvalue weighted by Crippen LogP contribution is 2.18. The van der Waals surface area contributed by atoms with Gasteiger partial charge in [-0.25, -0.2) is 0 Å². The first-order valence-electron chi connectivity index (χ1n) is 6.21. The number of amidine groups is 2. The van der Waals surface area contributed by atoms with E-state index < -0.39 is 11.1 Å². The summed E-state index contributed by atoms with van der Waals surface area (Å²) in [6.45, 7) is 9.67. The molecule has 1 heterocycles. The van der Waals surface area contributed by atoms with Crippen LogP contribution in [0.4, 0.5) is 0 Å². The third-order valence-electron chi connectivity index (χ3n) is 2.84. The maximum atomic E-state index is 4.44. The smallest absolute Gasteiger partial charge is 0.133 e. The van der Waals surface area contributed by atoms with Crippen LogP contribution >= 0.6 is 0 Å². The summed E-state index contributed by atoms with van der Waals surface area (Å²) in [5.41, 5.74) is -0.875. The quantitative estimate of drug-likeness (QED) is 0.449. The number of aliphatic imine (C=N–C) groups is 2. The monoisotopic (exact) mass is 252 g/mol. The summed E-state index contributed by atoms with van der Waals surface area (Å²) in [6.07, 6.45) is 0. The molecule has 0 fully saturated rings. The lowest BCUT2D eigenvalue weighted by Crippen LogP contribution is -2.41. The largest absolute Gasteiger partial charge is 0.375 e. The van der Waals surface area contributed by atoms with Crippen LogP contribution in [0.25, 0.3) is 0 Å². The minimum atomic E-state index is -0.458. The highest BCUT2D eigenvalue weighted by Gasteiger charge is 2.30. The zero-order valence-electron chi connectivity index (χ0n) is 12.2. The molecular formula is C12H24N6. The van der Waals surface area contributed by atoms with Gasteiger partial charge in [0.2, 0.25) is 0 Å². The number of hydrogen-bond donors (Lipinski definition) is 2. The van der Waals surface area contributed by atoms with Crippen molar-refractivity contribution in [2.75, 3.05) is 27.2 Å². The molecule has 102 valence electrons. The molecule has 1 aliphatic rings. The number of likely N-dealkylation sites (N-methyl/N-ethyl adjacent to an activating group) is 1. The number of nitrogens with zero attached hydrogens (tertiary/aromatic N) is 4. The van der Waals surface area contributed by atoms with Crippen molar-refractivity contribution in [2.45, 2.75) is 38.8 Å². The first-order chi connectivity index (χ1) is 8.33. The summed E-state index contributed by atoms with van der Waals surface area (Å²) in [5.74, 6) is 1.71. The lowest BCUT2D eigenvalue weighted by Gasteiger charge is -2.24. The number of azo groups is 1. The Hall–Kier alpha value is -1.46. The predicted molar refractivity (Wildman–Crippen MR) is 75.7 cm³/mol. The second kappa shape index (κ2) is 5.46. The molecule has 0 atom stereocenters. The maximum Gasteiger partial charge on any atom is 0.133 e. The van der Waals surface area contributed by atoms with Gasteiger partial charge in [0.25, 0.3) is 0 Å². The molecule has 0 aliphatic carbocycles. The molecule has 0 radical (unpaired) electrons. The van der Waals surface area contributed by atoms with Crippen LogP contribution in [0.15, 0.2) is 20.2 Å². The van der Waals surface area contributed by atoms with E-state index in [1.54, 1.807) is 7.05 Å². The molecule has 1 rings (SSSR count). The van der Waals surface area contributed by atoms with Gasteiger partial charge in [-0.05, 0) is 27.7 Å². The lowest BCUT2D eigenvalue weighted by atomic mass is 10.0. The summed E-state index contributed by atoms with van der Waals surface area (Å²) in [5, 5.41) is 15.2. The molecule has 0 spiro atoms.